The van der Waals surface area contributed by atoms with Gasteiger partial charge in [0.25, 0.3) is 5.69 Å². The molecule has 0 bridgehead atoms. The van der Waals surface area contributed by atoms with Crippen LogP contribution in [0.4, 0.5) is 16.2 Å². The highest BCUT2D eigenvalue weighted by Gasteiger charge is 2.13. The van der Waals surface area contributed by atoms with Crippen LogP contribution in [0.15, 0.2) is 54.6 Å². The zero-order valence-electron chi connectivity index (χ0n) is 12.2. The van der Waals surface area contributed by atoms with Crippen molar-refractivity contribution >= 4 is 17.4 Å². The summed E-state index contributed by atoms with van der Waals surface area (Å²) in [5.74, 6) is 0. The number of hydrogen-bond acceptors (Lipinski definition) is 3. The summed E-state index contributed by atoms with van der Waals surface area (Å²) in [6.45, 7) is 2.97. The van der Waals surface area contributed by atoms with Crippen molar-refractivity contribution in [3.8, 4) is 0 Å². The van der Waals surface area contributed by atoms with Crippen LogP contribution in [0.2, 0.25) is 0 Å². The number of benzene rings is 2. The van der Waals surface area contributed by atoms with Crippen LogP contribution in [0.3, 0.4) is 0 Å². The molecule has 0 heterocycles. The number of anilines is 1. The van der Waals surface area contributed by atoms with Crippen molar-refractivity contribution in [2.45, 2.75) is 13.5 Å². The number of nitrogens with one attached hydrogen (secondary N) is 1. The number of carbonyl (C=O) groups is 1. The molecule has 114 valence electrons. The summed E-state index contributed by atoms with van der Waals surface area (Å²) >= 11 is 0. The maximum absolute atomic E-state index is 12.2. The molecule has 0 aliphatic carbocycles. The van der Waals surface area contributed by atoms with Crippen molar-refractivity contribution < 1.29 is 9.72 Å². The van der Waals surface area contributed by atoms with Gasteiger partial charge in [0.05, 0.1) is 4.92 Å². The standard InChI is InChI=1S/C16H17N3O3/c1-2-18(12-13-6-4-3-5-7-13)16(20)17-14-8-10-15(11-9-14)19(21)22/h3-11H,2,12H2,1H3,(H,17,20). The van der Waals surface area contributed by atoms with Crippen LogP contribution in [0, 0.1) is 10.1 Å². The van der Waals surface area contributed by atoms with Gasteiger partial charge in [0.1, 0.15) is 0 Å². The van der Waals surface area contributed by atoms with Crippen LogP contribution in [0.1, 0.15) is 12.5 Å². The van der Waals surface area contributed by atoms with Crippen LogP contribution in [0.5, 0.6) is 0 Å². The molecule has 0 saturated carbocycles. The van der Waals surface area contributed by atoms with Gasteiger partial charge in [-0.3, -0.25) is 10.1 Å². The summed E-state index contributed by atoms with van der Waals surface area (Å²) in [5.41, 5.74) is 1.57. The number of nitro benzene ring substituents is 1. The lowest BCUT2D eigenvalue weighted by Crippen LogP contribution is -2.34. The Morgan fingerprint density at radius 1 is 1.14 bits per heavy atom. The molecule has 0 radical (unpaired) electrons. The third-order valence-electron chi connectivity index (χ3n) is 3.21. The maximum atomic E-state index is 12.2. The molecule has 0 aliphatic heterocycles. The molecule has 0 unspecified atom stereocenters. The van der Waals surface area contributed by atoms with Crippen LogP contribution in [-0.2, 0) is 6.54 Å². The van der Waals surface area contributed by atoms with E-state index in [-0.39, 0.29) is 11.7 Å². The summed E-state index contributed by atoms with van der Waals surface area (Å²) in [4.78, 5) is 24.0. The first kappa shape index (κ1) is 15.5. The van der Waals surface area contributed by atoms with Crippen molar-refractivity contribution in [3.05, 3.63) is 70.3 Å². The molecule has 2 rings (SSSR count). The first-order valence-electron chi connectivity index (χ1n) is 6.94. The fraction of sp³-hybridized carbons (Fsp3) is 0.188. The van der Waals surface area contributed by atoms with Crippen molar-refractivity contribution in [2.24, 2.45) is 0 Å². The number of amides is 2. The number of non-ortho nitro benzene ring substituents is 1. The number of carbonyl (C=O) groups excluding carboxylic acids is 1. The van der Waals surface area contributed by atoms with Gasteiger partial charge in [-0.2, -0.15) is 0 Å². The summed E-state index contributed by atoms with van der Waals surface area (Å²) in [6, 6.07) is 15.2. The van der Waals surface area contributed by atoms with Gasteiger partial charge in [-0.05, 0) is 24.6 Å². The largest absolute Gasteiger partial charge is 0.322 e. The van der Waals surface area contributed by atoms with E-state index in [0.29, 0.717) is 18.8 Å². The molecule has 0 aliphatic rings. The molecule has 2 amide bonds. The van der Waals surface area contributed by atoms with Gasteiger partial charge in [0, 0.05) is 30.9 Å². The highest BCUT2D eigenvalue weighted by molar-refractivity contribution is 5.89. The predicted octanol–water partition coefficient (Wildman–Crippen LogP) is 3.65. The Bertz CT molecular complexity index is 641. The van der Waals surface area contributed by atoms with Crippen LogP contribution >= 0.6 is 0 Å². The third kappa shape index (κ3) is 4.05. The fourth-order valence-electron chi connectivity index (χ4n) is 2.00. The number of hydrogen-bond donors (Lipinski definition) is 1. The summed E-state index contributed by atoms with van der Waals surface area (Å²) in [6.07, 6.45) is 0. The van der Waals surface area contributed by atoms with E-state index in [1.54, 1.807) is 4.90 Å². The van der Waals surface area contributed by atoms with E-state index in [9.17, 15) is 14.9 Å². The molecule has 0 saturated heterocycles. The first-order valence-corrected chi connectivity index (χ1v) is 6.94. The Morgan fingerprint density at radius 2 is 1.77 bits per heavy atom. The Hall–Kier alpha value is -2.89. The normalized spacial score (nSPS) is 10.0. The minimum atomic E-state index is -0.473. The van der Waals surface area contributed by atoms with E-state index < -0.39 is 4.92 Å². The Morgan fingerprint density at radius 3 is 2.32 bits per heavy atom. The zero-order chi connectivity index (χ0) is 15.9. The van der Waals surface area contributed by atoms with E-state index in [0.717, 1.165) is 5.56 Å². The summed E-state index contributed by atoms with van der Waals surface area (Å²) in [7, 11) is 0. The first-order chi connectivity index (χ1) is 10.6. The lowest BCUT2D eigenvalue weighted by atomic mass is 10.2. The van der Waals surface area contributed by atoms with E-state index in [4.69, 9.17) is 0 Å². The van der Waals surface area contributed by atoms with Crippen molar-refractivity contribution in [2.75, 3.05) is 11.9 Å². The average Bonchev–Trinajstić information content (AvgIpc) is 2.54. The van der Waals surface area contributed by atoms with E-state index >= 15 is 0 Å². The molecule has 2 aromatic rings. The average molecular weight is 299 g/mol. The Kier molecular flexibility index (Phi) is 5.08. The smallest absolute Gasteiger partial charge is 0.320 e. The lowest BCUT2D eigenvalue weighted by molar-refractivity contribution is -0.384. The van der Waals surface area contributed by atoms with Crippen LogP contribution < -0.4 is 5.32 Å². The molecule has 0 atom stereocenters. The molecule has 0 spiro atoms. The van der Waals surface area contributed by atoms with Gasteiger partial charge in [0.15, 0.2) is 0 Å². The number of rotatable bonds is 5. The minimum absolute atomic E-state index is 0.00497. The molecule has 0 fully saturated rings. The minimum Gasteiger partial charge on any atom is -0.320 e. The highest BCUT2D eigenvalue weighted by atomic mass is 16.6. The maximum Gasteiger partial charge on any atom is 0.322 e. The Labute approximate surface area is 128 Å². The number of urea groups is 1. The van der Waals surface area contributed by atoms with E-state index in [2.05, 4.69) is 5.32 Å². The molecule has 22 heavy (non-hydrogen) atoms. The lowest BCUT2D eigenvalue weighted by Gasteiger charge is -2.21. The van der Waals surface area contributed by atoms with Gasteiger partial charge in [-0.25, -0.2) is 4.79 Å². The monoisotopic (exact) mass is 299 g/mol. The van der Waals surface area contributed by atoms with Gasteiger partial charge >= 0.3 is 6.03 Å². The number of nitro groups is 1. The van der Waals surface area contributed by atoms with Gasteiger partial charge in [-0.15, -0.1) is 0 Å². The SMILES string of the molecule is CCN(Cc1ccccc1)C(=O)Nc1ccc([N+](=O)[O-])cc1. The van der Waals surface area contributed by atoms with Crippen LogP contribution in [0.25, 0.3) is 0 Å². The number of nitrogens with zero attached hydrogens (tertiary/aromatic N) is 2. The molecule has 0 aromatic heterocycles. The van der Waals surface area contributed by atoms with Gasteiger partial charge < -0.3 is 10.2 Å². The molecular weight excluding hydrogens is 282 g/mol. The highest BCUT2D eigenvalue weighted by Crippen LogP contribution is 2.16. The molecule has 6 nitrogen and oxygen atoms in total. The summed E-state index contributed by atoms with van der Waals surface area (Å²) < 4.78 is 0. The van der Waals surface area contributed by atoms with Crippen molar-refractivity contribution in [1.82, 2.24) is 4.90 Å². The molecule has 1 N–H and O–H groups in total. The topological polar surface area (TPSA) is 75.5 Å². The van der Waals surface area contributed by atoms with Crippen molar-refractivity contribution in [1.29, 1.82) is 0 Å². The quantitative estimate of drug-likeness (QED) is 0.676. The predicted molar refractivity (Wildman–Crippen MR) is 84.6 cm³/mol. The zero-order valence-corrected chi connectivity index (χ0v) is 12.2. The van der Waals surface area contributed by atoms with E-state index in [1.165, 1.54) is 24.3 Å². The second-order valence-corrected chi connectivity index (χ2v) is 4.73. The van der Waals surface area contributed by atoms with Crippen LogP contribution in [-0.4, -0.2) is 22.4 Å². The van der Waals surface area contributed by atoms with Crippen molar-refractivity contribution in [3.63, 3.8) is 0 Å². The Balaban J connectivity index is 2.01. The fourth-order valence-corrected chi connectivity index (χ4v) is 2.00. The van der Waals surface area contributed by atoms with Gasteiger partial charge in [0.2, 0.25) is 0 Å². The van der Waals surface area contributed by atoms with E-state index in [1.807, 2.05) is 37.3 Å². The molecular formula is C16H17N3O3. The second kappa shape index (κ2) is 7.21. The molecule has 6 heteroatoms. The second-order valence-electron chi connectivity index (χ2n) is 4.73. The molecule has 2 aromatic carbocycles. The third-order valence-corrected chi connectivity index (χ3v) is 3.21. The summed E-state index contributed by atoms with van der Waals surface area (Å²) in [5, 5.41) is 13.3. The van der Waals surface area contributed by atoms with Gasteiger partial charge in [-0.1, -0.05) is 30.3 Å².